The molecule has 13 heteroatoms. The second-order valence-electron chi connectivity index (χ2n) is 4.18. The molecule has 1 N–H and O–H groups in total. The average molecular weight is 429 g/mol. The number of nitrogens with one attached hydrogen (secondary N) is 1. The molecule has 25 heavy (non-hydrogen) atoms. The second-order valence-corrected chi connectivity index (χ2v) is 7.34. The number of para-hydroxylation sites is 2. The summed E-state index contributed by atoms with van der Waals surface area (Å²) < 4.78 is 21.6. The summed E-state index contributed by atoms with van der Waals surface area (Å²) in [7, 11) is 1.03. The molecule has 0 aliphatic rings. The number of benzene rings is 2. The molecule has 9 nitrogen and oxygen atoms in total. The summed E-state index contributed by atoms with van der Waals surface area (Å²) >= 11 is 10.7. The summed E-state index contributed by atoms with van der Waals surface area (Å²) in [5.41, 5.74) is -0.213. The van der Waals surface area contributed by atoms with Gasteiger partial charge in [-0.25, -0.2) is 8.42 Å². The van der Waals surface area contributed by atoms with Crippen molar-refractivity contribution in [2.45, 2.75) is 4.90 Å². The third kappa shape index (κ3) is 6.02. The molecule has 2 rings (SSSR count). The number of nitrogens with zero attached hydrogens (tertiary/aromatic N) is 2. The Bertz CT molecular complexity index is 907. The Labute approximate surface area is 156 Å². The summed E-state index contributed by atoms with van der Waals surface area (Å²) in [5, 5.41) is 20.5. The molecule has 0 saturated carbocycles. The molecule has 2 aromatic carbocycles. The fraction of sp³-hybridized carbons (Fsp3) is 0. The van der Waals surface area contributed by atoms with E-state index in [0.717, 1.165) is 18.2 Å². The summed E-state index contributed by atoms with van der Waals surface area (Å²) in [6.07, 6.45) is 0. The van der Waals surface area contributed by atoms with Gasteiger partial charge in [0.05, 0.1) is 14.7 Å². The standard InChI is InChI=1S/C6H3Cl2NO4S.C6H5ClN2O2/c7-5-2-1-4(14(8,12)13)3-6(5)9(10)11;7-8-5-3-1-2-4-6(5)9(10)11/h1-3H;1-4,8H. The van der Waals surface area contributed by atoms with Crippen LogP contribution in [0.4, 0.5) is 17.1 Å². The predicted octanol–water partition coefficient (Wildman–Crippen LogP) is 4.34. The quantitative estimate of drug-likeness (QED) is 0.331. The molecule has 0 spiro atoms. The van der Waals surface area contributed by atoms with Crippen LogP contribution in [-0.4, -0.2) is 18.3 Å². The molecule has 0 fully saturated rings. The van der Waals surface area contributed by atoms with Crippen molar-refractivity contribution in [2.75, 3.05) is 4.84 Å². The maximum atomic E-state index is 10.8. The minimum absolute atomic E-state index is 0.0255. The highest BCUT2D eigenvalue weighted by atomic mass is 35.7. The molecule has 0 bridgehead atoms. The van der Waals surface area contributed by atoms with Crippen molar-refractivity contribution < 1.29 is 18.3 Å². The van der Waals surface area contributed by atoms with Crippen LogP contribution in [0, 0.1) is 20.2 Å². The van der Waals surface area contributed by atoms with Crippen molar-refractivity contribution in [3.8, 4) is 0 Å². The number of hydrogen-bond acceptors (Lipinski definition) is 7. The lowest BCUT2D eigenvalue weighted by atomic mass is 10.3. The van der Waals surface area contributed by atoms with E-state index in [1.807, 2.05) is 0 Å². The van der Waals surface area contributed by atoms with Crippen molar-refractivity contribution in [3.63, 3.8) is 0 Å². The van der Waals surface area contributed by atoms with Crippen molar-refractivity contribution >= 4 is 60.2 Å². The number of rotatable bonds is 4. The van der Waals surface area contributed by atoms with E-state index in [2.05, 4.69) is 4.84 Å². The number of halogens is 3. The Morgan fingerprint density at radius 3 is 1.96 bits per heavy atom. The van der Waals surface area contributed by atoms with Crippen LogP contribution in [0.1, 0.15) is 0 Å². The van der Waals surface area contributed by atoms with Gasteiger partial charge in [0.1, 0.15) is 10.7 Å². The van der Waals surface area contributed by atoms with Crippen LogP contribution in [0.25, 0.3) is 0 Å². The summed E-state index contributed by atoms with van der Waals surface area (Å²) in [5.74, 6) is 0. The summed E-state index contributed by atoms with van der Waals surface area (Å²) in [4.78, 5) is 21.2. The van der Waals surface area contributed by atoms with Gasteiger partial charge in [-0.1, -0.05) is 23.7 Å². The average Bonchev–Trinajstić information content (AvgIpc) is 2.54. The summed E-state index contributed by atoms with van der Waals surface area (Å²) in [6.45, 7) is 0. The van der Waals surface area contributed by atoms with Gasteiger partial charge < -0.3 is 0 Å². The van der Waals surface area contributed by atoms with Crippen LogP contribution in [0.15, 0.2) is 47.4 Å². The van der Waals surface area contributed by atoms with Crippen LogP contribution < -0.4 is 4.84 Å². The van der Waals surface area contributed by atoms with Crippen molar-refractivity contribution in [1.29, 1.82) is 0 Å². The fourth-order valence-corrected chi connectivity index (χ4v) is 2.61. The molecule has 0 aliphatic heterocycles. The maximum absolute atomic E-state index is 10.8. The first-order chi connectivity index (χ1) is 11.6. The number of nitro groups is 2. The summed E-state index contributed by atoms with van der Waals surface area (Å²) in [6, 6.07) is 9.17. The van der Waals surface area contributed by atoms with Crippen LogP contribution in [0.2, 0.25) is 5.02 Å². The van der Waals surface area contributed by atoms with E-state index >= 15 is 0 Å². The Balaban J connectivity index is 0.000000257. The van der Waals surface area contributed by atoms with Crippen LogP contribution >= 0.6 is 34.1 Å². The maximum Gasteiger partial charge on any atom is 0.293 e. The minimum Gasteiger partial charge on any atom is -0.292 e. The molecule has 0 aliphatic carbocycles. The zero-order valence-corrected chi connectivity index (χ0v) is 15.0. The van der Waals surface area contributed by atoms with E-state index < -0.39 is 24.6 Å². The zero-order valence-electron chi connectivity index (χ0n) is 11.9. The zero-order chi connectivity index (χ0) is 19.2. The van der Waals surface area contributed by atoms with Gasteiger partial charge in [0.25, 0.3) is 20.4 Å². The van der Waals surface area contributed by atoms with Gasteiger partial charge in [0, 0.05) is 34.6 Å². The van der Waals surface area contributed by atoms with E-state index in [-0.39, 0.29) is 15.6 Å². The van der Waals surface area contributed by atoms with Crippen LogP contribution in [0.5, 0.6) is 0 Å². The Morgan fingerprint density at radius 2 is 1.52 bits per heavy atom. The molecular weight excluding hydrogens is 421 g/mol. The number of anilines is 1. The molecule has 0 unspecified atom stereocenters. The van der Waals surface area contributed by atoms with Crippen LogP contribution in [-0.2, 0) is 9.05 Å². The van der Waals surface area contributed by atoms with Gasteiger partial charge >= 0.3 is 0 Å². The second kappa shape index (κ2) is 8.81. The first kappa shape index (κ1) is 20.9. The lowest BCUT2D eigenvalue weighted by Gasteiger charge is -1.97. The third-order valence-corrected chi connectivity index (χ3v) is 4.47. The van der Waals surface area contributed by atoms with Gasteiger partial charge in [-0.2, -0.15) is 0 Å². The number of hydrogen-bond donors (Lipinski definition) is 1. The molecule has 0 saturated heterocycles. The molecular formula is C12H8Cl3N3O6S. The Kier molecular flexibility index (Phi) is 7.37. The largest absolute Gasteiger partial charge is 0.293 e. The van der Waals surface area contributed by atoms with Crippen molar-refractivity contribution in [2.24, 2.45) is 0 Å². The molecule has 0 amide bonds. The van der Waals surface area contributed by atoms with E-state index in [1.54, 1.807) is 12.1 Å². The highest BCUT2D eigenvalue weighted by Crippen LogP contribution is 2.28. The Hall–Kier alpha value is -2.14. The van der Waals surface area contributed by atoms with Gasteiger partial charge in [-0.3, -0.25) is 25.1 Å². The van der Waals surface area contributed by atoms with Gasteiger partial charge in [0.15, 0.2) is 0 Å². The lowest BCUT2D eigenvalue weighted by Crippen LogP contribution is -1.94. The third-order valence-electron chi connectivity index (χ3n) is 2.60. The van der Waals surface area contributed by atoms with E-state index in [4.69, 9.17) is 34.1 Å². The first-order valence-corrected chi connectivity index (χ1v) is 9.13. The monoisotopic (exact) mass is 427 g/mol. The topological polar surface area (TPSA) is 132 Å². The molecule has 0 heterocycles. The normalized spacial score (nSPS) is 10.4. The molecule has 0 aromatic heterocycles. The van der Waals surface area contributed by atoms with Crippen molar-refractivity contribution in [1.82, 2.24) is 0 Å². The van der Waals surface area contributed by atoms with Crippen molar-refractivity contribution in [3.05, 3.63) is 67.7 Å². The molecule has 134 valence electrons. The molecule has 0 atom stereocenters. The lowest BCUT2D eigenvalue weighted by molar-refractivity contribution is -0.384. The fourth-order valence-electron chi connectivity index (χ4n) is 1.50. The molecule has 2 aromatic rings. The first-order valence-electron chi connectivity index (χ1n) is 6.06. The molecule has 0 radical (unpaired) electrons. The highest BCUT2D eigenvalue weighted by molar-refractivity contribution is 8.13. The van der Waals surface area contributed by atoms with E-state index in [0.29, 0.717) is 5.69 Å². The predicted molar refractivity (Wildman–Crippen MR) is 93.7 cm³/mol. The smallest absolute Gasteiger partial charge is 0.292 e. The SMILES string of the molecule is O=[N+]([O-])c1cc(S(=O)(=O)Cl)ccc1Cl.O=[N+]([O-])c1ccccc1NCl. The minimum atomic E-state index is -3.97. The van der Waals surface area contributed by atoms with E-state index in [1.165, 1.54) is 12.1 Å². The highest BCUT2D eigenvalue weighted by Gasteiger charge is 2.18. The number of nitro benzene ring substituents is 2. The van der Waals surface area contributed by atoms with Gasteiger partial charge in [-0.15, -0.1) is 0 Å². The van der Waals surface area contributed by atoms with Gasteiger partial charge in [-0.05, 0) is 18.2 Å². The van der Waals surface area contributed by atoms with E-state index in [9.17, 15) is 28.6 Å². The van der Waals surface area contributed by atoms with Crippen LogP contribution in [0.3, 0.4) is 0 Å². The Morgan fingerprint density at radius 1 is 0.960 bits per heavy atom. The van der Waals surface area contributed by atoms with Gasteiger partial charge in [0.2, 0.25) is 0 Å².